The Bertz CT molecular complexity index is 641. The molecule has 116 valence electrons. The van der Waals surface area contributed by atoms with E-state index in [0.29, 0.717) is 22.7 Å². The van der Waals surface area contributed by atoms with Gasteiger partial charge in [-0.25, -0.2) is 0 Å². The molecule has 0 saturated carbocycles. The summed E-state index contributed by atoms with van der Waals surface area (Å²) in [6, 6.07) is 10.4. The van der Waals surface area contributed by atoms with Crippen LogP contribution in [0.1, 0.15) is 27.0 Å². The summed E-state index contributed by atoms with van der Waals surface area (Å²) >= 11 is 1.35. The molecule has 0 fully saturated rings. The third-order valence-electron chi connectivity index (χ3n) is 2.96. The Labute approximate surface area is 133 Å². The van der Waals surface area contributed by atoms with Gasteiger partial charge in [0, 0.05) is 13.2 Å². The summed E-state index contributed by atoms with van der Waals surface area (Å²) in [7, 11) is 1.58. The standard InChI is InChI=1S/C16H18N2O3S/c1-11(10-21-2)17-15(19)12-6-3-4-7-13(12)18-16(20)14-8-5-9-22-14/h3-9,11H,10H2,1-2H3,(H,17,19)(H,18,20). The Morgan fingerprint density at radius 1 is 1.18 bits per heavy atom. The molecule has 0 aliphatic heterocycles. The van der Waals surface area contributed by atoms with Crippen LogP contribution in [-0.4, -0.2) is 31.6 Å². The molecule has 2 aromatic rings. The van der Waals surface area contributed by atoms with Crippen LogP contribution in [0.25, 0.3) is 0 Å². The Kier molecular flexibility index (Phi) is 5.68. The molecular formula is C16H18N2O3S. The van der Waals surface area contributed by atoms with Crippen LogP contribution in [-0.2, 0) is 4.74 Å². The molecule has 0 aliphatic carbocycles. The zero-order valence-corrected chi connectivity index (χ0v) is 13.3. The number of carbonyl (C=O) groups excluding carboxylic acids is 2. The van der Waals surface area contributed by atoms with Crippen molar-refractivity contribution in [3.05, 3.63) is 52.2 Å². The highest BCUT2D eigenvalue weighted by Gasteiger charge is 2.16. The lowest BCUT2D eigenvalue weighted by Crippen LogP contribution is -2.36. The predicted molar refractivity (Wildman–Crippen MR) is 87.5 cm³/mol. The lowest BCUT2D eigenvalue weighted by atomic mass is 10.1. The highest BCUT2D eigenvalue weighted by atomic mass is 32.1. The maximum atomic E-state index is 12.3. The molecule has 1 aromatic carbocycles. The Hall–Kier alpha value is -2.18. The van der Waals surface area contributed by atoms with E-state index >= 15 is 0 Å². The molecule has 1 aromatic heterocycles. The fourth-order valence-corrected chi connectivity index (χ4v) is 2.59. The maximum Gasteiger partial charge on any atom is 0.265 e. The minimum atomic E-state index is -0.244. The molecule has 0 radical (unpaired) electrons. The topological polar surface area (TPSA) is 67.4 Å². The van der Waals surface area contributed by atoms with Crippen molar-refractivity contribution < 1.29 is 14.3 Å². The van der Waals surface area contributed by atoms with Crippen LogP contribution in [0.3, 0.4) is 0 Å². The van der Waals surface area contributed by atoms with Crippen molar-refractivity contribution in [2.45, 2.75) is 13.0 Å². The van der Waals surface area contributed by atoms with Gasteiger partial charge in [0.15, 0.2) is 0 Å². The molecule has 1 atom stereocenters. The SMILES string of the molecule is COCC(C)NC(=O)c1ccccc1NC(=O)c1cccs1. The number of thiophene rings is 1. The number of amides is 2. The zero-order chi connectivity index (χ0) is 15.9. The first-order valence-electron chi connectivity index (χ1n) is 6.85. The molecule has 0 saturated heterocycles. The largest absolute Gasteiger partial charge is 0.383 e. The minimum Gasteiger partial charge on any atom is -0.383 e. The smallest absolute Gasteiger partial charge is 0.265 e. The van der Waals surface area contributed by atoms with Crippen molar-refractivity contribution in [1.29, 1.82) is 0 Å². The van der Waals surface area contributed by atoms with E-state index in [1.807, 2.05) is 18.4 Å². The number of anilines is 1. The van der Waals surface area contributed by atoms with Gasteiger partial charge in [-0.15, -0.1) is 11.3 Å². The Balaban J connectivity index is 2.12. The van der Waals surface area contributed by atoms with Gasteiger partial charge < -0.3 is 15.4 Å². The molecule has 2 amide bonds. The highest BCUT2D eigenvalue weighted by Crippen LogP contribution is 2.18. The first-order valence-corrected chi connectivity index (χ1v) is 7.73. The van der Waals surface area contributed by atoms with Gasteiger partial charge in [0.25, 0.3) is 11.8 Å². The fourth-order valence-electron chi connectivity index (χ4n) is 1.98. The first kappa shape index (κ1) is 16.2. The van der Waals surface area contributed by atoms with Crippen molar-refractivity contribution in [2.75, 3.05) is 19.0 Å². The number of para-hydroxylation sites is 1. The molecule has 0 bridgehead atoms. The molecule has 0 spiro atoms. The third kappa shape index (κ3) is 4.16. The van der Waals surface area contributed by atoms with E-state index in [0.717, 1.165) is 0 Å². The molecule has 0 aliphatic rings. The van der Waals surface area contributed by atoms with Gasteiger partial charge in [-0.3, -0.25) is 9.59 Å². The zero-order valence-electron chi connectivity index (χ0n) is 12.5. The summed E-state index contributed by atoms with van der Waals surface area (Å²) in [6.07, 6.45) is 0. The number of hydrogen-bond acceptors (Lipinski definition) is 4. The molecule has 2 N–H and O–H groups in total. The summed E-state index contributed by atoms with van der Waals surface area (Å²) in [5.74, 6) is -0.466. The van der Waals surface area contributed by atoms with Gasteiger partial charge in [-0.05, 0) is 30.5 Å². The average Bonchev–Trinajstić information content (AvgIpc) is 3.02. The van der Waals surface area contributed by atoms with E-state index in [1.165, 1.54) is 11.3 Å². The molecule has 1 unspecified atom stereocenters. The van der Waals surface area contributed by atoms with Gasteiger partial charge in [0.05, 0.1) is 22.7 Å². The summed E-state index contributed by atoms with van der Waals surface area (Å²) < 4.78 is 5.00. The third-order valence-corrected chi connectivity index (χ3v) is 3.83. The average molecular weight is 318 g/mol. The second kappa shape index (κ2) is 7.72. The lowest BCUT2D eigenvalue weighted by molar-refractivity contribution is 0.0906. The molecule has 2 rings (SSSR count). The molecule has 5 nitrogen and oxygen atoms in total. The van der Waals surface area contributed by atoms with Crippen molar-refractivity contribution >= 4 is 28.8 Å². The van der Waals surface area contributed by atoms with Crippen LogP contribution in [0.4, 0.5) is 5.69 Å². The predicted octanol–water partition coefficient (Wildman–Crippen LogP) is 2.77. The summed E-state index contributed by atoms with van der Waals surface area (Å²) in [4.78, 5) is 25.0. The maximum absolute atomic E-state index is 12.3. The number of ether oxygens (including phenoxy) is 1. The van der Waals surface area contributed by atoms with Crippen LogP contribution in [0.2, 0.25) is 0 Å². The summed E-state index contributed by atoms with van der Waals surface area (Å²) in [5, 5.41) is 7.44. The molecule has 22 heavy (non-hydrogen) atoms. The molecule has 6 heteroatoms. The van der Waals surface area contributed by atoms with E-state index in [-0.39, 0.29) is 17.9 Å². The van der Waals surface area contributed by atoms with Crippen molar-refractivity contribution in [1.82, 2.24) is 5.32 Å². The van der Waals surface area contributed by atoms with E-state index in [2.05, 4.69) is 10.6 Å². The van der Waals surface area contributed by atoms with E-state index < -0.39 is 0 Å². The van der Waals surface area contributed by atoms with Crippen molar-refractivity contribution in [3.8, 4) is 0 Å². The number of hydrogen-bond donors (Lipinski definition) is 2. The van der Waals surface area contributed by atoms with E-state index in [9.17, 15) is 9.59 Å². The van der Waals surface area contributed by atoms with Gasteiger partial charge >= 0.3 is 0 Å². The van der Waals surface area contributed by atoms with Crippen molar-refractivity contribution in [3.63, 3.8) is 0 Å². The van der Waals surface area contributed by atoms with Crippen LogP contribution in [0.15, 0.2) is 41.8 Å². The van der Waals surface area contributed by atoms with Crippen molar-refractivity contribution in [2.24, 2.45) is 0 Å². The van der Waals surface area contributed by atoms with E-state index in [1.54, 1.807) is 37.4 Å². The second-order valence-corrected chi connectivity index (χ2v) is 5.75. The number of carbonyl (C=O) groups is 2. The van der Waals surface area contributed by atoms with Gasteiger partial charge in [0.1, 0.15) is 0 Å². The fraction of sp³-hybridized carbons (Fsp3) is 0.250. The number of rotatable bonds is 6. The quantitative estimate of drug-likeness (QED) is 0.860. The monoisotopic (exact) mass is 318 g/mol. The van der Waals surface area contributed by atoms with Gasteiger partial charge in [-0.2, -0.15) is 0 Å². The van der Waals surface area contributed by atoms with E-state index in [4.69, 9.17) is 4.74 Å². The normalized spacial score (nSPS) is 11.7. The minimum absolute atomic E-state index is 0.112. The van der Waals surface area contributed by atoms with Gasteiger partial charge in [0.2, 0.25) is 0 Å². The van der Waals surface area contributed by atoms with Crippen LogP contribution >= 0.6 is 11.3 Å². The Morgan fingerprint density at radius 2 is 1.95 bits per heavy atom. The van der Waals surface area contributed by atoms with Crippen LogP contribution < -0.4 is 10.6 Å². The first-order chi connectivity index (χ1) is 10.6. The van der Waals surface area contributed by atoms with Gasteiger partial charge in [-0.1, -0.05) is 18.2 Å². The lowest BCUT2D eigenvalue weighted by Gasteiger charge is -2.15. The summed E-state index contributed by atoms with van der Waals surface area (Å²) in [6.45, 7) is 2.28. The number of methoxy groups -OCH3 is 1. The number of nitrogens with one attached hydrogen (secondary N) is 2. The van der Waals surface area contributed by atoms with Crippen LogP contribution in [0.5, 0.6) is 0 Å². The Morgan fingerprint density at radius 3 is 2.64 bits per heavy atom. The summed E-state index contributed by atoms with van der Waals surface area (Å²) in [5.41, 5.74) is 0.915. The second-order valence-electron chi connectivity index (χ2n) is 4.81. The molecular weight excluding hydrogens is 300 g/mol. The highest BCUT2D eigenvalue weighted by molar-refractivity contribution is 7.12. The number of benzene rings is 1. The molecule has 1 heterocycles. The van der Waals surface area contributed by atoms with Crippen LogP contribution in [0, 0.1) is 0 Å².